The van der Waals surface area contributed by atoms with Crippen molar-refractivity contribution in [3.63, 3.8) is 0 Å². The van der Waals surface area contributed by atoms with Crippen molar-refractivity contribution in [2.24, 2.45) is 0 Å². The molecular formula is C20H15N3O5S. The second kappa shape index (κ2) is 8.41. The van der Waals surface area contributed by atoms with E-state index in [1.54, 1.807) is 7.11 Å². The number of nitro groups is 1. The maximum Gasteiger partial charge on any atom is 0.315 e. The number of nitrogens with zero attached hydrogens (tertiary/aromatic N) is 3. The minimum atomic E-state index is -0.716. The lowest BCUT2D eigenvalue weighted by molar-refractivity contribution is -0.386. The zero-order valence-electron chi connectivity index (χ0n) is 15.4. The highest BCUT2D eigenvalue weighted by molar-refractivity contribution is 7.11. The highest BCUT2D eigenvalue weighted by atomic mass is 32.1. The van der Waals surface area contributed by atoms with Crippen molar-refractivity contribution in [3.8, 4) is 34.6 Å². The summed E-state index contributed by atoms with van der Waals surface area (Å²) < 4.78 is 10.1. The molecular weight excluding hydrogens is 394 g/mol. The second-order valence-corrected chi connectivity index (χ2v) is 6.64. The molecule has 3 rings (SSSR count). The number of rotatable bonds is 6. The van der Waals surface area contributed by atoms with Gasteiger partial charge >= 0.3 is 5.69 Å². The lowest BCUT2D eigenvalue weighted by Gasteiger charge is -2.05. The lowest BCUT2D eigenvalue weighted by Crippen LogP contribution is -1.93. The van der Waals surface area contributed by atoms with Gasteiger partial charge in [-0.2, -0.15) is 5.26 Å². The van der Waals surface area contributed by atoms with Gasteiger partial charge in [-0.25, -0.2) is 4.98 Å². The molecule has 1 aromatic heterocycles. The Balaban J connectivity index is 1.99. The molecule has 2 aromatic carbocycles. The molecule has 0 saturated carbocycles. The third-order valence-electron chi connectivity index (χ3n) is 4.05. The Morgan fingerprint density at radius 3 is 2.59 bits per heavy atom. The van der Waals surface area contributed by atoms with Crippen LogP contribution in [0.1, 0.15) is 10.6 Å². The van der Waals surface area contributed by atoms with Crippen LogP contribution in [0.3, 0.4) is 0 Å². The van der Waals surface area contributed by atoms with Gasteiger partial charge in [0.1, 0.15) is 16.8 Å². The molecule has 8 nitrogen and oxygen atoms in total. The van der Waals surface area contributed by atoms with E-state index < -0.39 is 16.4 Å². The molecule has 0 spiro atoms. The van der Waals surface area contributed by atoms with Crippen molar-refractivity contribution < 1.29 is 19.5 Å². The van der Waals surface area contributed by atoms with Crippen LogP contribution in [0.2, 0.25) is 0 Å². The topological polar surface area (TPSA) is 119 Å². The van der Waals surface area contributed by atoms with Gasteiger partial charge in [-0.3, -0.25) is 10.1 Å². The number of allylic oxidation sites excluding steroid dienone is 1. The van der Waals surface area contributed by atoms with Gasteiger partial charge in [0.15, 0.2) is 5.75 Å². The lowest BCUT2D eigenvalue weighted by atomic mass is 10.1. The highest BCUT2D eigenvalue weighted by Gasteiger charge is 2.20. The number of aromatic hydroxyl groups is 1. The number of hydrogen-bond acceptors (Lipinski definition) is 8. The van der Waals surface area contributed by atoms with E-state index in [0.717, 1.165) is 11.3 Å². The van der Waals surface area contributed by atoms with Gasteiger partial charge in [0, 0.05) is 17.0 Å². The standard InChI is InChI=1S/C20H15N3O5S/c1-27-15-5-3-13(4-6-15)16-11-29-20(22-16)14(10-21)7-12-8-17(23(25)26)19(24)18(9-12)28-2/h3-9,11,24H,1-2H3. The summed E-state index contributed by atoms with van der Waals surface area (Å²) in [7, 11) is 2.88. The monoisotopic (exact) mass is 409 g/mol. The summed E-state index contributed by atoms with van der Waals surface area (Å²) in [5, 5.41) is 32.9. The SMILES string of the molecule is COc1ccc(-c2csc(C(C#N)=Cc3cc(OC)c(O)c([N+](=O)[O-])c3)n2)cc1. The predicted octanol–water partition coefficient (Wildman–Crippen LogP) is 4.51. The summed E-state index contributed by atoms with van der Waals surface area (Å²) in [6.07, 6.45) is 1.46. The van der Waals surface area contributed by atoms with E-state index >= 15 is 0 Å². The summed E-state index contributed by atoms with van der Waals surface area (Å²) in [6.45, 7) is 0. The molecule has 3 aromatic rings. The molecule has 0 radical (unpaired) electrons. The Kier molecular flexibility index (Phi) is 5.76. The van der Waals surface area contributed by atoms with Crippen LogP contribution in [0.25, 0.3) is 22.9 Å². The summed E-state index contributed by atoms with van der Waals surface area (Å²) in [4.78, 5) is 14.9. The van der Waals surface area contributed by atoms with E-state index in [-0.39, 0.29) is 11.3 Å². The van der Waals surface area contributed by atoms with E-state index in [2.05, 4.69) is 11.1 Å². The van der Waals surface area contributed by atoms with Crippen LogP contribution in [-0.4, -0.2) is 29.2 Å². The molecule has 0 aliphatic carbocycles. The first kappa shape index (κ1) is 19.9. The largest absolute Gasteiger partial charge is 0.500 e. The fourth-order valence-corrected chi connectivity index (χ4v) is 3.39. The summed E-state index contributed by atoms with van der Waals surface area (Å²) >= 11 is 1.28. The fourth-order valence-electron chi connectivity index (χ4n) is 2.59. The number of benzene rings is 2. The first-order valence-corrected chi connectivity index (χ1v) is 9.12. The van der Waals surface area contributed by atoms with Crippen molar-refractivity contribution >= 4 is 28.7 Å². The molecule has 0 fully saturated rings. The van der Waals surface area contributed by atoms with E-state index in [1.807, 2.05) is 29.6 Å². The normalized spacial score (nSPS) is 11.0. The Labute approximate surface area is 170 Å². The number of phenolic OH excluding ortho intramolecular Hbond substituents is 1. The average molecular weight is 409 g/mol. The Morgan fingerprint density at radius 1 is 1.28 bits per heavy atom. The van der Waals surface area contributed by atoms with E-state index in [9.17, 15) is 20.5 Å². The smallest absolute Gasteiger partial charge is 0.315 e. The fraction of sp³-hybridized carbons (Fsp3) is 0.100. The van der Waals surface area contributed by atoms with Crippen molar-refractivity contribution in [1.82, 2.24) is 4.98 Å². The first-order valence-electron chi connectivity index (χ1n) is 8.24. The maximum atomic E-state index is 11.2. The summed E-state index contributed by atoms with van der Waals surface area (Å²) in [5.74, 6) is 0.106. The Bertz CT molecular complexity index is 1130. The minimum Gasteiger partial charge on any atom is -0.500 e. The number of ether oxygens (including phenoxy) is 2. The Morgan fingerprint density at radius 2 is 2.00 bits per heavy atom. The molecule has 0 amide bonds. The molecule has 29 heavy (non-hydrogen) atoms. The van der Waals surface area contributed by atoms with Crippen LogP contribution in [0.4, 0.5) is 5.69 Å². The van der Waals surface area contributed by atoms with E-state index in [0.29, 0.717) is 16.3 Å². The van der Waals surface area contributed by atoms with Gasteiger partial charge in [0.05, 0.1) is 30.4 Å². The molecule has 0 atom stereocenters. The van der Waals surface area contributed by atoms with Gasteiger partial charge in [0.25, 0.3) is 0 Å². The first-order chi connectivity index (χ1) is 14.0. The van der Waals surface area contributed by atoms with E-state index in [4.69, 9.17) is 9.47 Å². The van der Waals surface area contributed by atoms with Crippen LogP contribution in [0.15, 0.2) is 41.8 Å². The molecule has 0 aliphatic heterocycles. The number of methoxy groups -OCH3 is 2. The minimum absolute atomic E-state index is 0.0548. The molecule has 0 bridgehead atoms. The van der Waals surface area contributed by atoms with Crippen molar-refractivity contribution in [1.29, 1.82) is 5.26 Å². The zero-order valence-corrected chi connectivity index (χ0v) is 16.3. The number of nitriles is 1. The number of nitro benzene ring substituents is 1. The number of phenols is 1. The third-order valence-corrected chi connectivity index (χ3v) is 4.92. The summed E-state index contributed by atoms with van der Waals surface area (Å²) in [6, 6.07) is 12.0. The molecule has 0 aliphatic rings. The van der Waals surface area contributed by atoms with Crippen LogP contribution < -0.4 is 9.47 Å². The van der Waals surface area contributed by atoms with Gasteiger partial charge in [-0.1, -0.05) is 0 Å². The molecule has 1 heterocycles. The predicted molar refractivity (Wildman–Crippen MR) is 109 cm³/mol. The molecule has 0 unspecified atom stereocenters. The molecule has 146 valence electrons. The average Bonchev–Trinajstić information content (AvgIpc) is 3.22. The van der Waals surface area contributed by atoms with Gasteiger partial charge < -0.3 is 14.6 Å². The van der Waals surface area contributed by atoms with Crippen molar-refractivity contribution in [3.05, 3.63) is 62.5 Å². The van der Waals surface area contributed by atoms with Crippen LogP contribution in [-0.2, 0) is 0 Å². The second-order valence-electron chi connectivity index (χ2n) is 5.78. The van der Waals surface area contributed by atoms with Crippen LogP contribution >= 0.6 is 11.3 Å². The zero-order chi connectivity index (χ0) is 21.0. The number of thiazole rings is 1. The number of aromatic nitrogens is 1. The van der Waals surface area contributed by atoms with Crippen molar-refractivity contribution in [2.75, 3.05) is 14.2 Å². The Hall–Kier alpha value is -3.90. The van der Waals surface area contributed by atoms with Crippen LogP contribution in [0.5, 0.6) is 17.2 Å². The molecule has 1 N–H and O–H groups in total. The van der Waals surface area contributed by atoms with Crippen LogP contribution in [0, 0.1) is 21.4 Å². The van der Waals surface area contributed by atoms with Gasteiger partial charge in [0.2, 0.25) is 5.75 Å². The molecule has 0 saturated heterocycles. The van der Waals surface area contributed by atoms with Gasteiger partial charge in [-0.15, -0.1) is 11.3 Å². The van der Waals surface area contributed by atoms with E-state index in [1.165, 1.54) is 36.7 Å². The quantitative estimate of drug-likeness (QED) is 0.361. The van der Waals surface area contributed by atoms with Gasteiger partial charge in [-0.05, 0) is 42.0 Å². The third kappa shape index (κ3) is 4.17. The highest BCUT2D eigenvalue weighted by Crippen LogP contribution is 2.38. The number of hydrogen-bond donors (Lipinski definition) is 1. The molecule has 9 heteroatoms. The van der Waals surface area contributed by atoms with Crippen molar-refractivity contribution in [2.45, 2.75) is 0 Å². The maximum absolute atomic E-state index is 11.2. The summed E-state index contributed by atoms with van der Waals surface area (Å²) in [5.41, 5.74) is 1.63.